The lowest BCUT2D eigenvalue weighted by molar-refractivity contribution is -0.122. The van der Waals surface area contributed by atoms with Gasteiger partial charge in [-0.25, -0.2) is 0 Å². The number of aromatic nitrogens is 1. The van der Waals surface area contributed by atoms with Gasteiger partial charge in [0.1, 0.15) is 21.8 Å². The summed E-state index contributed by atoms with van der Waals surface area (Å²) in [6, 6.07) is 10.2. The molecule has 9 heteroatoms. The van der Waals surface area contributed by atoms with E-state index in [4.69, 9.17) is 12.2 Å². The summed E-state index contributed by atoms with van der Waals surface area (Å²) in [4.78, 5) is 33.6. The minimum absolute atomic E-state index is 0.135. The molecular weight excluding hydrogens is 502 g/mol. The van der Waals surface area contributed by atoms with Crippen molar-refractivity contribution in [2.75, 3.05) is 38.1 Å². The van der Waals surface area contributed by atoms with Crippen molar-refractivity contribution in [3.05, 3.63) is 67.3 Å². The van der Waals surface area contributed by atoms with E-state index in [9.17, 15) is 14.9 Å². The highest BCUT2D eigenvalue weighted by Gasteiger charge is 2.33. The normalized spacial score (nSPS) is 17.6. The Morgan fingerprint density at radius 2 is 1.78 bits per heavy atom. The van der Waals surface area contributed by atoms with Gasteiger partial charge in [0.25, 0.3) is 11.5 Å². The first-order valence-corrected chi connectivity index (χ1v) is 13.9. The number of thioether (sulfide) groups is 1. The van der Waals surface area contributed by atoms with Crippen LogP contribution in [0.2, 0.25) is 0 Å². The maximum atomic E-state index is 13.5. The van der Waals surface area contributed by atoms with Crippen LogP contribution in [0.1, 0.15) is 47.6 Å². The van der Waals surface area contributed by atoms with E-state index in [1.807, 2.05) is 44.2 Å². The molecule has 2 fully saturated rings. The molecular formula is C28H33N5O2S2. The number of hydrogen-bond acceptors (Lipinski definition) is 7. The molecule has 4 rings (SSSR count). The Kier molecular flexibility index (Phi) is 8.53. The first kappa shape index (κ1) is 27.1. The highest BCUT2D eigenvalue weighted by molar-refractivity contribution is 8.26. The quantitative estimate of drug-likeness (QED) is 0.387. The van der Waals surface area contributed by atoms with E-state index in [-0.39, 0.29) is 17.0 Å². The first-order valence-electron chi connectivity index (χ1n) is 12.7. The van der Waals surface area contributed by atoms with Crippen LogP contribution in [0, 0.1) is 25.2 Å². The summed E-state index contributed by atoms with van der Waals surface area (Å²) in [7, 11) is 2.09. The van der Waals surface area contributed by atoms with Gasteiger partial charge in [-0.3, -0.25) is 19.1 Å². The van der Waals surface area contributed by atoms with Gasteiger partial charge in [0, 0.05) is 38.3 Å². The van der Waals surface area contributed by atoms with Gasteiger partial charge in [0.05, 0.1) is 11.4 Å². The molecule has 1 aromatic heterocycles. The van der Waals surface area contributed by atoms with Gasteiger partial charge in [-0.1, -0.05) is 67.2 Å². The van der Waals surface area contributed by atoms with Crippen LogP contribution in [0.5, 0.6) is 0 Å². The molecule has 0 atom stereocenters. The van der Waals surface area contributed by atoms with Crippen LogP contribution >= 0.6 is 24.0 Å². The van der Waals surface area contributed by atoms with Gasteiger partial charge in [-0.15, -0.1) is 0 Å². The van der Waals surface area contributed by atoms with Crippen LogP contribution in [-0.2, 0) is 17.9 Å². The molecule has 1 aromatic carbocycles. The summed E-state index contributed by atoms with van der Waals surface area (Å²) in [6.45, 7) is 10.1. The standard InChI is InChI=1S/C28H33N5O2S2/c1-5-6-11-32-25(31-14-12-30(4)13-15-31)22(20(3)23(17-29)26(32)34)16-24-27(35)33(28(36)37-24)18-21-9-7-19(2)8-10-21/h7-10,16H,5-6,11-15,18H2,1-4H3. The molecule has 3 heterocycles. The molecule has 2 aromatic rings. The summed E-state index contributed by atoms with van der Waals surface area (Å²) in [5, 5.41) is 9.88. The second-order valence-corrected chi connectivity index (χ2v) is 11.4. The number of rotatable bonds is 7. The lowest BCUT2D eigenvalue weighted by Gasteiger charge is -2.36. The second kappa shape index (κ2) is 11.6. The Labute approximate surface area is 228 Å². The lowest BCUT2D eigenvalue weighted by Crippen LogP contribution is -2.47. The maximum absolute atomic E-state index is 13.5. The van der Waals surface area contributed by atoms with Crippen molar-refractivity contribution in [2.45, 2.75) is 46.7 Å². The summed E-state index contributed by atoms with van der Waals surface area (Å²) >= 11 is 6.87. The second-order valence-electron chi connectivity index (χ2n) is 9.70. The number of carbonyl (C=O) groups excluding carboxylic acids is 1. The van der Waals surface area contributed by atoms with Crippen LogP contribution in [0.25, 0.3) is 6.08 Å². The molecule has 0 radical (unpaired) electrons. The molecule has 0 spiro atoms. The molecule has 0 saturated carbocycles. The van der Waals surface area contributed by atoms with Crippen LogP contribution in [0.3, 0.4) is 0 Å². The summed E-state index contributed by atoms with van der Waals surface area (Å²) in [5.41, 5.74) is 3.41. The van der Waals surface area contributed by atoms with E-state index in [0.29, 0.717) is 27.9 Å². The molecule has 0 N–H and O–H groups in total. The van der Waals surface area contributed by atoms with Crippen molar-refractivity contribution in [1.29, 1.82) is 5.26 Å². The van der Waals surface area contributed by atoms with E-state index < -0.39 is 0 Å². The zero-order valence-electron chi connectivity index (χ0n) is 21.9. The maximum Gasteiger partial charge on any atom is 0.270 e. The van der Waals surface area contributed by atoms with Gasteiger partial charge in [-0.05, 0) is 44.5 Å². The van der Waals surface area contributed by atoms with Crippen LogP contribution < -0.4 is 10.5 Å². The van der Waals surface area contributed by atoms with Crippen LogP contribution in [-0.4, -0.2) is 57.8 Å². The Morgan fingerprint density at radius 3 is 2.41 bits per heavy atom. The zero-order chi connectivity index (χ0) is 26.7. The Bertz CT molecular complexity index is 1330. The van der Waals surface area contributed by atoms with E-state index in [0.717, 1.165) is 61.5 Å². The fraction of sp³-hybridized carbons (Fsp3) is 0.429. The molecule has 194 valence electrons. The van der Waals surface area contributed by atoms with Gasteiger partial charge < -0.3 is 9.80 Å². The summed E-state index contributed by atoms with van der Waals surface area (Å²) in [5.74, 6) is 0.649. The third-order valence-electron chi connectivity index (χ3n) is 6.99. The predicted octanol–water partition coefficient (Wildman–Crippen LogP) is 4.29. The average molecular weight is 536 g/mol. The summed E-state index contributed by atoms with van der Waals surface area (Å²) < 4.78 is 2.26. The monoisotopic (exact) mass is 535 g/mol. The number of nitriles is 1. The Hall–Kier alpha value is -2.93. The van der Waals surface area contributed by atoms with Crippen molar-refractivity contribution in [2.24, 2.45) is 0 Å². The van der Waals surface area contributed by atoms with E-state index in [2.05, 4.69) is 29.8 Å². The molecule has 1 amide bonds. The number of hydrogen-bond donors (Lipinski definition) is 0. The van der Waals surface area contributed by atoms with Crippen LogP contribution in [0.15, 0.2) is 34.0 Å². The number of anilines is 1. The molecule has 0 unspecified atom stereocenters. The number of piperazine rings is 1. The molecule has 7 nitrogen and oxygen atoms in total. The van der Waals surface area contributed by atoms with Gasteiger partial charge in [0.2, 0.25) is 0 Å². The Balaban J connectivity index is 1.80. The van der Waals surface area contributed by atoms with Gasteiger partial charge in [0.15, 0.2) is 0 Å². The SMILES string of the molecule is CCCCn1c(N2CCN(C)CC2)c(C=C2SC(=S)N(Cc3ccc(C)cc3)C2=O)c(C)c(C#N)c1=O. The largest absolute Gasteiger partial charge is 0.355 e. The molecule has 2 saturated heterocycles. The van der Waals surface area contributed by atoms with E-state index >= 15 is 0 Å². The molecule has 0 bridgehead atoms. The molecule has 37 heavy (non-hydrogen) atoms. The van der Waals surface area contributed by atoms with Crippen molar-refractivity contribution in [3.8, 4) is 6.07 Å². The van der Waals surface area contributed by atoms with Crippen molar-refractivity contribution >= 4 is 46.1 Å². The van der Waals surface area contributed by atoms with Crippen LogP contribution in [0.4, 0.5) is 5.82 Å². The Morgan fingerprint density at radius 1 is 1.11 bits per heavy atom. The fourth-order valence-electron chi connectivity index (χ4n) is 4.67. The minimum atomic E-state index is -0.258. The average Bonchev–Trinajstić information content (AvgIpc) is 3.14. The third-order valence-corrected chi connectivity index (χ3v) is 8.37. The number of benzene rings is 1. The topological polar surface area (TPSA) is 72.6 Å². The fourth-order valence-corrected chi connectivity index (χ4v) is 5.91. The number of unbranched alkanes of at least 4 members (excludes halogenated alkanes) is 1. The lowest BCUT2D eigenvalue weighted by atomic mass is 10.0. The van der Waals surface area contributed by atoms with Crippen molar-refractivity contribution in [1.82, 2.24) is 14.4 Å². The molecule has 2 aliphatic heterocycles. The van der Waals surface area contributed by atoms with Gasteiger partial charge in [-0.2, -0.15) is 5.26 Å². The minimum Gasteiger partial charge on any atom is -0.355 e. The smallest absolute Gasteiger partial charge is 0.270 e. The van der Waals surface area contributed by atoms with E-state index in [1.54, 1.807) is 9.47 Å². The van der Waals surface area contributed by atoms with E-state index in [1.165, 1.54) is 11.8 Å². The number of thiocarbonyl (C=S) groups is 1. The van der Waals surface area contributed by atoms with Crippen molar-refractivity contribution in [3.63, 3.8) is 0 Å². The molecule has 2 aliphatic rings. The number of likely N-dealkylation sites (N-methyl/N-ethyl adjacent to an activating group) is 1. The highest BCUT2D eigenvalue weighted by Crippen LogP contribution is 2.37. The predicted molar refractivity (Wildman–Crippen MR) is 155 cm³/mol. The third kappa shape index (κ3) is 5.66. The van der Waals surface area contributed by atoms with Crippen molar-refractivity contribution < 1.29 is 4.79 Å². The molecule has 0 aliphatic carbocycles. The number of carbonyl (C=O) groups is 1. The number of nitrogens with zero attached hydrogens (tertiary/aromatic N) is 5. The van der Waals surface area contributed by atoms with Gasteiger partial charge >= 0.3 is 0 Å². The number of pyridine rings is 1. The summed E-state index contributed by atoms with van der Waals surface area (Å²) in [6.07, 6.45) is 3.60. The first-order chi connectivity index (χ1) is 17.7. The number of aryl methyl sites for hydroxylation is 1. The highest BCUT2D eigenvalue weighted by atomic mass is 32.2. The zero-order valence-corrected chi connectivity index (χ0v) is 23.5. The number of amides is 1.